The van der Waals surface area contributed by atoms with E-state index in [2.05, 4.69) is 4.90 Å². The molecular weight excluding hydrogens is 261 g/mol. The lowest BCUT2D eigenvalue weighted by Gasteiger charge is -2.37. The third kappa shape index (κ3) is 3.77. The molecule has 4 nitrogen and oxygen atoms in total. The third-order valence-electron chi connectivity index (χ3n) is 4.35. The second kappa shape index (κ2) is 6.08. The third-order valence-corrected chi connectivity index (χ3v) is 4.35. The molecule has 2 aliphatic rings. The highest BCUT2D eigenvalue weighted by Gasteiger charge is 2.49. The molecule has 1 atom stereocenters. The highest BCUT2D eigenvalue weighted by molar-refractivity contribution is 5.91. The molecule has 1 heterocycles. The first-order chi connectivity index (χ1) is 9.32. The molecule has 0 aromatic rings. The van der Waals surface area contributed by atoms with Gasteiger partial charge >= 0.3 is 0 Å². The van der Waals surface area contributed by atoms with Crippen molar-refractivity contribution in [2.24, 2.45) is 5.41 Å². The fourth-order valence-corrected chi connectivity index (χ4v) is 2.98. The minimum Gasteiger partial charge on any atom is -0.350 e. The molecule has 0 aromatic heterocycles. The maximum Gasteiger partial charge on any atom is 0.173 e. The van der Waals surface area contributed by atoms with Crippen LogP contribution in [0, 0.1) is 5.41 Å². The van der Waals surface area contributed by atoms with E-state index in [9.17, 15) is 9.18 Å². The number of ketones is 1. The molecule has 1 saturated carbocycles. The van der Waals surface area contributed by atoms with Crippen molar-refractivity contribution < 1.29 is 18.7 Å². The second-order valence-corrected chi connectivity index (χ2v) is 6.98. The molecular formula is C15H26FNO3. The van der Waals surface area contributed by atoms with Crippen molar-refractivity contribution in [3.63, 3.8) is 0 Å². The number of piperidine rings is 1. The smallest absolute Gasteiger partial charge is 0.173 e. The van der Waals surface area contributed by atoms with E-state index in [0.29, 0.717) is 13.2 Å². The lowest BCUT2D eigenvalue weighted by atomic mass is 9.76. The average Bonchev–Trinajstić information content (AvgIpc) is 2.65. The Labute approximate surface area is 120 Å². The quantitative estimate of drug-likeness (QED) is 0.588. The van der Waals surface area contributed by atoms with Crippen LogP contribution in [0.15, 0.2) is 0 Å². The molecule has 1 aliphatic heterocycles. The summed E-state index contributed by atoms with van der Waals surface area (Å²) in [6.07, 6.45) is 1.42. The zero-order chi connectivity index (χ0) is 14.8. The lowest BCUT2D eigenvalue weighted by molar-refractivity contribution is -0.148. The van der Waals surface area contributed by atoms with Gasteiger partial charge in [-0.25, -0.2) is 4.39 Å². The van der Waals surface area contributed by atoms with Crippen LogP contribution in [0.25, 0.3) is 0 Å². The minimum atomic E-state index is -1.22. The monoisotopic (exact) mass is 287 g/mol. The maximum atomic E-state index is 13.4. The van der Waals surface area contributed by atoms with Crippen molar-refractivity contribution in [2.45, 2.75) is 58.2 Å². The van der Waals surface area contributed by atoms with Gasteiger partial charge in [0, 0.05) is 18.5 Å². The van der Waals surface area contributed by atoms with E-state index in [1.165, 1.54) is 0 Å². The second-order valence-electron chi connectivity index (χ2n) is 6.98. The molecule has 1 aliphatic carbocycles. The molecule has 116 valence electrons. The largest absolute Gasteiger partial charge is 0.350 e. The Bertz CT molecular complexity index is 346. The van der Waals surface area contributed by atoms with E-state index in [-0.39, 0.29) is 23.6 Å². The van der Waals surface area contributed by atoms with E-state index < -0.39 is 6.17 Å². The lowest BCUT2D eigenvalue weighted by Crippen LogP contribution is -2.44. The number of rotatable bonds is 4. The summed E-state index contributed by atoms with van der Waals surface area (Å²) in [5, 5.41) is 0. The Balaban J connectivity index is 1.69. The van der Waals surface area contributed by atoms with Gasteiger partial charge in [-0.1, -0.05) is 0 Å². The van der Waals surface area contributed by atoms with Gasteiger partial charge in [-0.15, -0.1) is 0 Å². The number of ether oxygens (including phenoxy) is 2. The Morgan fingerprint density at radius 3 is 2.45 bits per heavy atom. The Morgan fingerprint density at radius 1 is 1.30 bits per heavy atom. The summed E-state index contributed by atoms with van der Waals surface area (Å²) < 4.78 is 24.4. The number of nitrogens with zero attached hydrogens (tertiary/aromatic N) is 1. The molecule has 1 unspecified atom stereocenters. The predicted molar refractivity (Wildman–Crippen MR) is 74.0 cm³/mol. The molecule has 2 fully saturated rings. The van der Waals surface area contributed by atoms with Crippen molar-refractivity contribution in [1.82, 2.24) is 4.90 Å². The first-order valence-corrected chi connectivity index (χ1v) is 7.45. The van der Waals surface area contributed by atoms with Gasteiger partial charge in [0.1, 0.15) is 13.5 Å². The normalized spacial score (nSPS) is 27.4. The van der Waals surface area contributed by atoms with E-state index in [0.717, 1.165) is 32.4 Å². The van der Waals surface area contributed by atoms with Gasteiger partial charge in [-0.3, -0.25) is 9.69 Å². The minimum absolute atomic E-state index is 0.158. The van der Waals surface area contributed by atoms with Gasteiger partial charge in [0.05, 0.1) is 5.60 Å². The predicted octanol–water partition coefficient (Wildman–Crippen LogP) is 2.52. The molecule has 1 spiro atoms. The number of carbonyl (C=O) groups is 1. The van der Waals surface area contributed by atoms with Gasteiger partial charge in [-0.05, 0) is 46.5 Å². The van der Waals surface area contributed by atoms with E-state index in [1.807, 2.05) is 20.8 Å². The zero-order valence-corrected chi connectivity index (χ0v) is 12.8. The van der Waals surface area contributed by atoms with Crippen LogP contribution < -0.4 is 0 Å². The van der Waals surface area contributed by atoms with Gasteiger partial charge < -0.3 is 9.47 Å². The summed E-state index contributed by atoms with van der Waals surface area (Å²) in [7, 11) is 0. The summed E-state index contributed by atoms with van der Waals surface area (Å²) in [6, 6.07) is 0. The van der Waals surface area contributed by atoms with Crippen LogP contribution in [0.4, 0.5) is 4.39 Å². The fraction of sp³-hybridized carbons (Fsp3) is 0.933. The zero-order valence-electron chi connectivity index (χ0n) is 12.8. The van der Waals surface area contributed by atoms with E-state index in [1.54, 1.807) is 0 Å². The Morgan fingerprint density at radius 2 is 1.95 bits per heavy atom. The topological polar surface area (TPSA) is 38.8 Å². The van der Waals surface area contributed by atoms with Crippen molar-refractivity contribution in [3.8, 4) is 0 Å². The number of hydrogen-bond acceptors (Lipinski definition) is 4. The van der Waals surface area contributed by atoms with E-state index >= 15 is 0 Å². The van der Waals surface area contributed by atoms with Crippen molar-refractivity contribution in [1.29, 1.82) is 0 Å². The van der Waals surface area contributed by atoms with Gasteiger partial charge in [0.15, 0.2) is 12.0 Å². The van der Waals surface area contributed by atoms with E-state index in [4.69, 9.17) is 9.47 Å². The van der Waals surface area contributed by atoms with Crippen LogP contribution in [0.2, 0.25) is 0 Å². The molecule has 5 heteroatoms. The molecule has 0 aromatic carbocycles. The van der Waals surface area contributed by atoms with Gasteiger partial charge in [0.25, 0.3) is 0 Å². The number of alkyl halides is 1. The van der Waals surface area contributed by atoms with Crippen LogP contribution in [0.3, 0.4) is 0 Å². The number of halogens is 1. The first kappa shape index (κ1) is 15.9. The van der Waals surface area contributed by atoms with Crippen molar-refractivity contribution >= 4 is 5.78 Å². The van der Waals surface area contributed by atoms with Crippen molar-refractivity contribution in [3.05, 3.63) is 0 Å². The first-order valence-electron chi connectivity index (χ1n) is 7.45. The summed E-state index contributed by atoms with van der Waals surface area (Å²) in [6.45, 7) is 8.35. The van der Waals surface area contributed by atoms with Crippen LogP contribution in [-0.4, -0.2) is 49.1 Å². The molecule has 20 heavy (non-hydrogen) atoms. The number of carbonyl (C=O) groups excluding carboxylic acids is 1. The summed E-state index contributed by atoms with van der Waals surface area (Å²) >= 11 is 0. The number of Topliss-reactive ketones (excluding diaryl/α,β-unsaturated/α-hetero) is 1. The van der Waals surface area contributed by atoms with Crippen LogP contribution >= 0.6 is 0 Å². The Hall–Kier alpha value is -0.520. The highest BCUT2D eigenvalue weighted by atomic mass is 19.1. The molecule has 2 rings (SSSR count). The SMILES string of the molecule is CC(C)(C)OCOCN1CCC2(CCC(F)C2=O)CC1. The molecule has 1 saturated heterocycles. The standard InChI is InChI=1S/C15H26FNO3/c1-14(2,3)20-11-19-10-17-8-6-15(7-9-17)5-4-12(16)13(15)18/h12H,4-11H2,1-3H3. The molecule has 0 bridgehead atoms. The number of hydrogen-bond donors (Lipinski definition) is 0. The number of likely N-dealkylation sites (tertiary alicyclic amines) is 1. The van der Waals surface area contributed by atoms with Crippen LogP contribution in [0.5, 0.6) is 0 Å². The van der Waals surface area contributed by atoms with Gasteiger partial charge in [-0.2, -0.15) is 0 Å². The van der Waals surface area contributed by atoms with Crippen LogP contribution in [-0.2, 0) is 14.3 Å². The summed E-state index contributed by atoms with van der Waals surface area (Å²) in [5.74, 6) is -0.158. The van der Waals surface area contributed by atoms with Crippen molar-refractivity contribution in [2.75, 3.05) is 26.6 Å². The summed E-state index contributed by atoms with van der Waals surface area (Å²) in [4.78, 5) is 14.1. The average molecular weight is 287 g/mol. The molecule has 0 radical (unpaired) electrons. The van der Waals surface area contributed by atoms with Gasteiger partial charge in [0.2, 0.25) is 0 Å². The maximum absolute atomic E-state index is 13.4. The summed E-state index contributed by atoms with van der Waals surface area (Å²) in [5.41, 5.74) is -0.573. The fourth-order valence-electron chi connectivity index (χ4n) is 2.98. The molecule has 0 N–H and O–H groups in total. The van der Waals surface area contributed by atoms with Crippen LogP contribution in [0.1, 0.15) is 46.5 Å². The molecule has 0 amide bonds. The highest BCUT2D eigenvalue weighted by Crippen LogP contribution is 2.44. The Kier molecular flexibility index (Phi) is 4.82.